The summed E-state index contributed by atoms with van der Waals surface area (Å²) in [7, 11) is 2.68. The lowest BCUT2D eigenvalue weighted by Crippen LogP contribution is -2.34. The zero-order chi connectivity index (χ0) is 27.4. The van der Waals surface area contributed by atoms with Gasteiger partial charge in [0.2, 0.25) is 0 Å². The molecule has 0 spiro atoms. The average molecular weight is 389 g/mol. The Bertz CT molecular complexity index is 1230. The number of fused-ring (bicyclic) bond motifs is 1. The van der Waals surface area contributed by atoms with Crippen LogP contribution in [0.1, 0.15) is 53.0 Å². The summed E-state index contributed by atoms with van der Waals surface area (Å²) in [4.78, 5) is 15.3. The molecule has 1 atom stereocenters. The van der Waals surface area contributed by atoms with Crippen molar-refractivity contribution in [3.63, 3.8) is 0 Å². The molecule has 2 aromatic rings. The Labute approximate surface area is 180 Å². The summed E-state index contributed by atoms with van der Waals surface area (Å²) in [6.45, 7) is 1.04. The summed E-state index contributed by atoms with van der Waals surface area (Å²) in [6.07, 6.45) is -1.05. The Morgan fingerprint density at radius 1 is 1.11 bits per heavy atom. The number of carbonyl (C=O) groups is 1. The van der Waals surface area contributed by atoms with Gasteiger partial charge in [-0.25, -0.2) is 0 Å². The van der Waals surface area contributed by atoms with E-state index in [9.17, 15) is 4.79 Å². The van der Waals surface area contributed by atoms with Gasteiger partial charge in [-0.2, -0.15) is 0 Å². The molecule has 0 radical (unpaired) electrons. The number of methoxy groups -OCH3 is 2. The monoisotopic (exact) mass is 388 g/mol. The van der Waals surface area contributed by atoms with Crippen molar-refractivity contribution in [3.8, 4) is 11.5 Å². The van der Waals surface area contributed by atoms with Gasteiger partial charge < -0.3 is 9.47 Å². The normalized spacial score (nSPS) is 25.3. The van der Waals surface area contributed by atoms with Gasteiger partial charge in [-0.15, -0.1) is 0 Å². The van der Waals surface area contributed by atoms with E-state index in [2.05, 4.69) is 0 Å². The van der Waals surface area contributed by atoms with Crippen LogP contribution < -0.4 is 9.47 Å². The Morgan fingerprint density at radius 3 is 2.46 bits per heavy atom. The average Bonchev–Trinajstić information content (AvgIpc) is 3.24. The molecule has 0 amide bonds. The first-order valence-corrected chi connectivity index (χ1v) is 9.43. The summed E-state index contributed by atoms with van der Waals surface area (Å²) in [5.74, 6) is -1.95. The predicted octanol–water partition coefficient (Wildman–Crippen LogP) is 4.36. The number of ether oxygens (including phenoxy) is 2. The summed E-state index contributed by atoms with van der Waals surface area (Å²) in [5.41, 5.74) is 0.540. The van der Waals surface area contributed by atoms with Crippen LogP contribution in [-0.4, -0.2) is 38.0 Å². The van der Waals surface area contributed by atoms with E-state index in [0.717, 1.165) is 0 Å². The minimum atomic E-state index is -1.89. The fraction of sp³-hybridized carbons (Fsp3) is 0.458. The summed E-state index contributed by atoms with van der Waals surface area (Å²) in [6, 6.07) is -1.92. The first kappa shape index (κ1) is 11.0. The lowest BCUT2D eigenvalue weighted by atomic mass is 9.85. The number of hydrogen-bond acceptors (Lipinski definition) is 4. The molecule has 0 aromatic heterocycles. The van der Waals surface area contributed by atoms with Crippen molar-refractivity contribution in [3.05, 3.63) is 59.0 Å². The van der Waals surface area contributed by atoms with Crippen molar-refractivity contribution >= 4 is 5.78 Å². The Hall–Kier alpha value is -2.33. The van der Waals surface area contributed by atoms with Crippen LogP contribution in [0.5, 0.6) is 11.5 Å². The number of hydrogen-bond donors (Lipinski definition) is 0. The molecule has 1 aliphatic heterocycles. The second kappa shape index (κ2) is 8.36. The van der Waals surface area contributed by atoms with E-state index in [1.807, 2.05) is 4.90 Å². The number of likely N-dealkylation sites (tertiary alicyclic amines) is 1. The summed E-state index contributed by atoms with van der Waals surface area (Å²) >= 11 is 0. The summed E-state index contributed by atoms with van der Waals surface area (Å²) < 4.78 is 84.9. The molecule has 1 unspecified atom stereocenters. The number of nitrogens with zero attached hydrogens (tertiary/aromatic N) is 1. The minimum absolute atomic E-state index is 0.00881. The van der Waals surface area contributed by atoms with Gasteiger partial charge in [0.05, 0.1) is 23.8 Å². The van der Waals surface area contributed by atoms with E-state index in [1.54, 1.807) is 0 Å². The van der Waals surface area contributed by atoms with E-state index >= 15 is 0 Å². The SMILES string of the molecule is [2H]c1c([2H])c([2H])c(CN2CCC(C([2H])([2H])C3Cc4c([2H])c(OC)c(OC)c([2H])c4C3=O)CC2)c([2H])c1[2H]. The summed E-state index contributed by atoms with van der Waals surface area (Å²) in [5, 5.41) is 0. The van der Waals surface area contributed by atoms with Crippen molar-refractivity contribution in [1.29, 1.82) is 0 Å². The van der Waals surface area contributed by atoms with Crippen LogP contribution in [0.15, 0.2) is 42.3 Å². The van der Waals surface area contributed by atoms with Gasteiger partial charge in [0.25, 0.3) is 0 Å². The highest BCUT2D eigenvalue weighted by Gasteiger charge is 2.34. The second-order valence-corrected chi connectivity index (χ2v) is 7.11. The van der Waals surface area contributed by atoms with Crippen LogP contribution >= 0.6 is 0 Å². The van der Waals surface area contributed by atoms with Crippen molar-refractivity contribution in [1.82, 2.24) is 4.90 Å². The third-order valence-corrected chi connectivity index (χ3v) is 5.35. The third-order valence-electron chi connectivity index (χ3n) is 5.35. The van der Waals surface area contributed by atoms with Crippen molar-refractivity contribution in [2.75, 3.05) is 27.3 Å². The molecule has 0 bridgehead atoms. The lowest BCUT2D eigenvalue weighted by molar-refractivity contribution is 0.0895. The molecular weight excluding hydrogens is 350 g/mol. The first-order valence-electron chi connectivity index (χ1n) is 13.9. The van der Waals surface area contributed by atoms with Crippen LogP contribution in [-0.2, 0) is 13.0 Å². The van der Waals surface area contributed by atoms with Crippen LogP contribution in [0.3, 0.4) is 0 Å². The number of Topliss-reactive ketones (excluding diaryl/α,β-unsaturated/α-hetero) is 1. The molecule has 0 N–H and O–H groups in total. The molecule has 2 aromatic carbocycles. The maximum atomic E-state index is 13.4. The molecule has 4 rings (SSSR count). The third kappa shape index (κ3) is 3.93. The Balaban J connectivity index is 1.52. The smallest absolute Gasteiger partial charge is 0.166 e. The zero-order valence-electron chi connectivity index (χ0n) is 25.1. The molecule has 1 fully saturated rings. The second-order valence-electron chi connectivity index (χ2n) is 7.11. The van der Waals surface area contributed by atoms with E-state index in [4.69, 9.17) is 21.8 Å². The molecule has 1 heterocycles. The van der Waals surface area contributed by atoms with Crippen LogP contribution in [0, 0.1) is 11.8 Å². The number of rotatable bonds is 6. The van der Waals surface area contributed by atoms with Gasteiger partial charge >= 0.3 is 0 Å². The fourth-order valence-electron chi connectivity index (χ4n) is 3.88. The molecular formula is C24H29NO3. The van der Waals surface area contributed by atoms with Gasteiger partial charge in [-0.05, 0) is 67.9 Å². The largest absolute Gasteiger partial charge is 0.493 e. The molecule has 4 nitrogen and oxygen atoms in total. The van der Waals surface area contributed by atoms with Crippen molar-refractivity contribution in [2.45, 2.75) is 32.2 Å². The molecule has 28 heavy (non-hydrogen) atoms. The maximum absolute atomic E-state index is 13.4. The number of piperidine rings is 1. The highest BCUT2D eigenvalue weighted by Crippen LogP contribution is 2.39. The topological polar surface area (TPSA) is 38.8 Å². The van der Waals surface area contributed by atoms with Crippen LogP contribution in [0.25, 0.3) is 0 Å². The zero-order valence-corrected chi connectivity index (χ0v) is 16.1. The number of benzene rings is 2. The van der Waals surface area contributed by atoms with E-state index in [0.29, 0.717) is 31.5 Å². The predicted molar refractivity (Wildman–Crippen MR) is 110 cm³/mol. The van der Waals surface area contributed by atoms with Crippen molar-refractivity contribution in [2.24, 2.45) is 11.8 Å². The van der Waals surface area contributed by atoms with Gasteiger partial charge in [-0.1, -0.05) is 30.2 Å². The van der Waals surface area contributed by atoms with Gasteiger partial charge in [-0.3, -0.25) is 9.69 Å². The number of ketones is 1. The highest BCUT2D eigenvalue weighted by molar-refractivity contribution is 6.02. The number of carbonyl (C=O) groups excluding carboxylic acids is 1. The minimum Gasteiger partial charge on any atom is -0.493 e. The van der Waals surface area contributed by atoms with Gasteiger partial charge in [0.1, 0.15) is 0 Å². The van der Waals surface area contributed by atoms with Crippen LogP contribution in [0.2, 0.25) is 0 Å². The van der Waals surface area contributed by atoms with Crippen LogP contribution in [0.4, 0.5) is 0 Å². The van der Waals surface area contributed by atoms with Crippen molar-refractivity contribution < 1.29 is 26.6 Å². The Morgan fingerprint density at radius 2 is 1.79 bits per heavy atom. The van der Waals surface area contributed by atoms with E-state index in [1.165, 1.54) is 14.2 Å². The lowest BCUT2D eigenvalue weighted by Gasteiger charge is -2.32. The molecule has 148 valence electrons. The molecule has 1 aliphatic carbocycles. The maximum Gasteiger partial charge on any atom is 0.166 e. The molecule has 2 aliphatic rings. The van der Waals surface area contributed by atoms with Gasteiger partial charge in [0, 0.05) is 20.8 Å². The fourth-order valence-corrected chi connectivity index (χ4v) is 3.88. The van der Waals surface area contributed by atoms with Gasteiger partial charge in [0.15, 0.2) is 17.3 Å². The van der Waals surface area contributed by atoms with E-state index < -0.39 is 30.0 Å². The standard InChI is InChI=1S/C24H29NO3/c1-27-22-14-19-13-20(24(26)21(19)15-23(22)28-2)12-17-8-10-25(11-9-17)16-18-6-4-3-5-7-18/h3-7,14-15,17,20H,8-13,16H2,1-2H3/i3D,4D,5D,6D,7D,12D2,14D,15D. The Kier molecular flexibility index (Phi) is 3.29. The van der Waals surface area contributed by atoms with E-state index in [-0.39, 0.29) is 71.8 Å². The molecule has 1 saturated heterocycles. The highest BCUT2D eigenvalue weighted by atomic mass is 16.5. The molecule has 0 saturated carbocycles. The quantitative estimate of drug-likeness (QED) is 0.737. The first-order chi connectivity index (χ1) is 17.4. The molecule has 4 heteroatoms.